The molecule has 1 aliphatic heterocycles. The molecule has 0 saturated carbocycles. The lowest BCUT2D eigenvalue weighted by atomic mass is 9.82. The Hall–Kier alpha value is -2.59. The van der Waals surface area contributed by atoms with Crippen LogP contribution in [0.5, 0.6) is 0 Å². The highest BCUT2D eigenvalue weighted by molar-refractivity contribution is 6.30. The first-order valence-electron chi connectivity index (χ1n) is 6.92. The normalized spacial score (nSPS) is 17.4. The van der Waals surface area contributed by atoms with E-state index in [1.165, 1.54) is 13.0 Å². The van der Waals surface area contributed by atoms with Crippen molar-refractivity contribution in [3.63, 3.8) is 0 Å². The third-order valence-electron chi connectivity index (χ3n) is 3.48. The van der Waals surface area contributed by atoms with Crippen LogP contribution in [0.3, 0.4) is 0 Å². The summed E-state index contributed by atoms with van der Waals surface area (Å²) in [6, 6.07) is 4.10. The van der Waals surface area contributed by atoms with Crippen molar-refractivity contribution in [1.29, 1.82) is 5.26 Å². The second kappa shape index (κ2) is 6.89. The standard InChI is InChI=1S/C16H13ClF2N2O3/c1-3-23-16(22)11-7(2)24-15(21)9(6-20)12(11)8-4-5-10(17)14(19)13(8)18/h4-5,12H,3,21H2,1-2H3. The summed E-state index contributed by atoms with van der Waals surface area (Å²) in [6.45, 7) is 3.07. The van der Waals surface area contributed by atoms with Crippen molar-refractivity contribution in [1.82, 2.24) is 0 Å². The van der Waals surface area contributed by atoms with Gasteiger partial charge in [-0.3, -0.25) is 0 Å². The lowest BCUT2D eigenvalue weighted by Crippen LogP contribution is -2.26. The minimum Gasteiger partial charge on any atom is -0.463 e. The molecule has 24 heavy (non-hydrogen) atoms. The van der Waals surface area contributed by atoms with E-state index in [4.69, 9.17) is 26.8 Å². The number of nitrogens with zero attached hydrogens (tertiary/aromatic N) is 1. The van der Waals surface area contributed by atoms with E-state index in [0.29, 0.717) is 0 Å². The topological polar surface area (TPSA) is 85.3 Å². The number of halogens is 3. The van der Waals surface area contributed by atoms with Crippen LogP contribution in [-0.2, 0) is 14.3 Å². The van der Waals surface area contributed by atoms with E-state index in [2.05, 4.69) is 0 Å². The molecule has 2 N–H and O–H groups in total. The van der Waals surface area contributed by atoms with Crippen molar-refractivity contribution in [2.45, 2.75) is 19.8 Å². The van der Waals surface area contributed by atoms with E-state index in [1.807, 2.05) is 0 Å². The van der Waals surface area contributed by atoms with Crippen LogP contribution in [0, 0.1) is 23.0 Å². The van der Waals surface area contributed by atoms with Gasteiger partial charge in [0.05, 0.1) is 23.1 Å². The number of carbonyl (C=O) groups is 1. The number of benzene rings is 1. The molecule has 0 fully saturated rings. The van der Waals surface area contributed by atoms with E-state index in [1.54, 1.807) is 13.0 Å². The van der Waals surface area contributed by atoms with Crippen molar-refractivity contribution >= 4 is 17.6 Å². The van der Waals surface area contributed by atoms with Gasteiger partial charge in [0.2, 0.25) is 5.88 Å². The van der Waals surface area contributed by atoms with Gasteiger partial charge in [0, 0.05) is 5.56 Å². The average Bonchev–Trinajstić information content (AvgIpc) is 2.52. The van der Waals surface area contributed by atoms with Crippen molar-refractivity contribution in [3.8, 4) is 6.07 Å². The number of ether oxygens (including phenoxy) is 2. The molecule has 0 saturated heterocycles. The van der Waals surface area contributed by atoms with E-state index >= 15 is 0 Å². The fraction of sp³-hybridized carbons (Fsp3) is 0.250. The predicted molar refractivity (Wildman–Crippen MR) is 81.4 cm³/mol. The van der Waals surface area contributed by atoms with Crippen LogP contribution in [0.2, 0.25) is 5.02 Å². The number of rotatable bonds is 3. The maximum atomic E-state index is 14.4. The average molecular weight is 355 g/mol. The number of hydrogen-bond donors (Lipinski definition) is 1. The van der Waals surface area contributed by atoms with Gasteiger partial charge in [-0.2, -0.15) is 5.26 Å². The number of hydrogen-bond acceptors (Lipinski definition) is 5. The first kappa shape index (κ1) is 17.8. The summed E-state index contributed by atoms with van der Waals surface area (Å²) < 4.78 is 38.4. The van der Waals surface area contributed by atoms with Gasteiger partial charge in [0.15, 0.2) is 11.6 Å². The van der Waals surface area contributed by atoms with Crippen LogP contribution >= 0.6 is 11.6 Å². The number of allylic oxidation sites excluding steroid dienone is 2. The molecule has 1 atom stereocenters. The summed E-state index contributed by atoms with van der Waals surface area (Å²) in [6.07, 6.45) is 0. The van der Waals surface area contributed by atoms with Crippen LogP contribution in [0.15, 0.2) is 34.9 Å². The Bertz CT molecular complexity index is 812. The molecular formula is C16H13ClF2N2O3. The first-order chi connectivity index (χ1) is 11.3. The highest BCUT2D eigenvalue weighted by Gasteiger charge is 2.38. The smallest absolute Gasteiger partial charge is 0.338 e. The first-order valence-corrected chi connectivity index (χ1v) is 7.30. The minimum absolute atomic E-state index is 0.0460. The highest BCUT2D eigenvalue weighted by Crippen LogP contribution is 2.41. The molecule has 0 aromatic heterocycles. The highest BCUT2D eigenvalue weighted by atomic mass is 35.5. The molecule has 1 unspecified atom stereocenters. The largest absolute Gasteiger partial charge is 0.463 e. The van der Waals surface area contributed by atoms with Crippen molar-refractivity contribution in [2.75, 3.05) is 6.61 Å². The van der Waals surface area contributed by atoms with Crippen molar-refractivity contribution in [3.05, 3.63) is 57.1 Å². The molecule has 0 bridgehead atoms. The summed E-state index contributed by atoms with van der Waals surface area (Å²) >= 11 is 5.56. The molecule has 2 rings (SSSR count). The Balaban J connectivity index is 2.72. The minimum atomic E-state index is -1.28. The summed E-state index contributed by atoms with van der Waals surface area (Å²) in [7, 11) is 0. The lowest BCUT2D eigenvalue weighted by molar-refractivity contribution is -0.139. The zero-order valence-electron chi connectivity index (χ0n) is 12.8. The molecule has 8 heteroatoms. The quantitative estimate of drug-likeness (QED) is 0.665. The SMILES string of the molecule is CCOC(=O)C1=C(C)OC(N)=C(C#N)C1c1ccc(Cl)c(F)c1F. The maximum absolute atomic E-state index is 14.4. The Labute approximate surface area is 141 Å². The predicted octanol–water partition coefficient (Wildman–Crippen LogP) is 3.26. The second-order valence-corrected chi connectivity index (χ2v) is 5.29. The molecule has 0 amide bonds. The van der Waals surface area contributed by atoms with Gasteiger partial charge in [0.25, 0.3) is 0 Å². The molecule has 0 aliphatic carbocycles. The van der Waals surface area contributed by atoms with Gasteiger partial charge in [-0.05, 0) is 19.9 Å². The van der Waals surface area contributed by atoms with Gasteiger partial charge in [-0.25, -0.2) is 13.6 Å². The number of nitrogens with two attached hydrogens (primary N) is 1. The molecular weight excluding hydrogens is 342 g/mol. The summed E-state index contributed by atoms with van der Waals surface area (Å²) in [5, 5.41) is 8.92. The molecule has 0 spiro atoms. The Morgan fingerprint density at radius 1 is 1.46 bits per heavy atom. The monoisotopic (exact) mass is 354 g/mol. The van der Waals surface area contributed by atoms with E-state index in [9.17, 15) is 18.8 Å². The van der Waals surface area contributed by atoms with Crippen molar-refractivity contribution in [2.24, 2.45) is 5.73 Å². The number of esters is 1. The van der Waals surface area contributed by atoms with Crippen LogP contribution in [0.1, 0.15) is 25.3 Å². The molecule has 126 valence electrons. The second-order valence-electron chi connectivity index (χ2n) is 4.88. The summed E-state index contributed by atoms with van der Waals surface area (Å²) in [5.74, 6) is -4.86. The van der Waals surface area contributed by atoms with Crippen LogP contribution < -0.4 is 5.73 Å². The van der Waals surface area contributed by atoms with Crippen LogP contribution in [0.4, 0.5) is 8.78 Å². The molecule has 1 aromatic rings. The molecule has 1 aliphatic rings. The number of nitriles is 1. The summed E-state index contributed by atoms with van der Waals surface area (Å²) in [5.41, 5.74) is 5.07. The van der Waals surface area contributed by atoms with E-state index in [0.717, 1.165) is 6.07 Å². The van der Waals surface area contributed by atoms with Gasteiger partial charge < -0.3 is 15.2 Å². The molecule has 1 heterocycles. The zero-order chi connectivity index (χ0) is 18.0. The van der Waals surface area contributed by atoms with E-state index < -0.39 is 28.5 Å². The Kier molecular flexibility index (Phi) is 5.10. The van der Waals surface area contributed by atoms with Crippen LogP contribution in [0.25, 0.3) is 0 Å². The molecule has 1 aromatic carbocycles. The summed E-state index contributed by atoms with van der Waals surface area (Å²) in [4.78, 5) is 12.2. The Morgan fingerprint density at radius 3 is 2.71 bits per heavy atom. The molecule has 0 radical (unpaired) electrons. The fourth-order valence-corrected chi connectivity index (χ4v) is 2.58. The fourth-order valence-electron chi connectivity index (χ4n) is 2.43. The Morgan fingerprint density at radius 2 is 2.12 bits per heavy atom. The van der Waals surface area contributed by atoms with Gasteiger partial charge in [-0.15, -0.1) is 0 Å². The van der Waals surface area contributed by atoms with Gasteiger partial charge >= 0.3 is 5.97 Å². The lowest BCUT2D eigenvalue weighted by Gasteiger charge is -2.27. The van der Waals surface area contributed by atoms with Gasteiger partial charge in [-0.1, -0.05) is 17.7 Å². The third kappa shape index (κ3) is 2.93. The van der Waals surface area contributed by atoms with E-state index in [-0.39, 0.29) is 35.0 Å². The molecule has 5 nitrogen and oxygen atoms in total. The maximum Gasteiger partial charge on any atom is 0.338 e. The number of carbonyl (C=O) groups excluding carboxylic acids is 1. The third-order valence-corrected chi connectivity index (χ3v) is 3.77. The zero-order valence-corrected chi connectivity index (χ0v) is 13.6. The van der Waals surface area contributed by atoms with Gasteiger partial charge in [0.1, 0.15) is 17.4 Å². The van der Waals surface area contributed by atoms with Crippen LogP contribution in [-0.4, -0.2) is 12.6 Å². The van der Waals surface area contributed by atoms with Crippen molar-refractivity contribution < 1.29 is 23.0 Å².